The van der Waals surface area contributed by atoms with E-state index in [1.54, 1.807) is 24.5 Å². The van der Waals surface area contributed by atoms with Crippen molar-refractivity contribution in [2.75, 3.05) is 5.32 Å². The summed E-state index contributed by atoms with van der Waals surface area (Å²) in [6.07, 6.45) is 3.78. The molecule has 0 atom stereocenters. The number of fused-ring (bicyclic) bond motifs is 1. The molecule has 0 aliphatic heterocycles. The molecule has 0 aliphatic rings. The number of oxazole rings is 1. The maximum atomic E-state index is 12.2. The van der Waals surface area contributed by atoms with E-state index in [-0.39, 0.29) is 5.91 Å². The summed E-state index contributed by atoms with van der Waals surface area (Å²) in [7, 11) is 0. The molecule has 4 aromatic rings. The summed E-state index contributed by atoms with van der Waals surface area (Å²) < 4.78 is 5.87. The first kappa shape index (κ1) is 17.0. The molecule has 27 heavy (non-hydrogen) atoms. The van der Waals surface area contributed by atoms with Gasteiger partial charge in [0.05, 0.1) is 5.56 Å². The Morgan fingerprint density at radius 3 is 2.59 bits per heavy atom. The molecule has 0 spiro atoms. The predicted molar refractivity (Wildman–Crippen MR) is 105 cm³/mol. The third kappa shape index (κ3) is 3.72. The van der Waals surface area contributed by atoms with Crippen LogP contribution in [0.1, 0.15) is 32.9 Å². The molecule has 1 N–H and O–H groups in total. The summed E-state index contributed by atoms with van der Waals surface area (Å²) in [5.41, 5.74) is 6.42. The van der Waals surface area contributed by atoms with E-state index in [2.05, 4.69) is 35.2 Å². The number of nitrogens with zero attached hydrogens (tertiary/aromatic N) is 2. The smallest absolute Gasteiger partial charge is 0.257 e. The Morgan fingerprint density at radius 1 is 1.07 bits per heavy atom. The largest absolute Gasteiger partial charge is 0.440 e. The van der Waals surface area contributed by atoms with Gasteiger partial charge >= 0.3 is 0 Å². The summed E-state index contributed by atoms with van der Waals surface area (Å²) in [6, 6.07) is 15.2. The second kappa shape index (κ2) is 7.03. The number of hydrogen-bond acceptors (Lipinski definition) is 4. The van der Waals surface area contributed by atoms with Gasteiger partial charge in [0.2, 0.25) is 0 Å². The first-order chi connectivity index (χ1) is 13.1. The first-order valence-corrected chi connectivity index (χ1v) is 8.75. The fourth-order valence-electron chi connectivity index (χ4n) is 2.88. The monoisotopic (exact) mass is 357 g/mol. The van der Waals surface area contributed by atoms with E-state index in [4.69, 9.17) is 4.42 Å². The van der Waals surface area contributed by atoms with E-state index in [0.29, 0.717) is 17.9 Å². The quantitative estimate of drug-likeness (QED) is 0.576. The number of carbonyl (C=O) groups is 1. The van der Waals surface area contributed by atoms with Gasteiger partial charge in [0.15, 0.2) is 11.5 Å². The van der Waals surface area contributed by atoms with Gasteiger partial charge in [0.25, 0.3) is 5.91 Å². The molecule has 0 unspecified atom stereocenters. The molecular formula is C22H19N3O2. The summed E-state index contributed by atoms with van der Waals surface area (Å²) >= 11 is 0. The Kier molecular flexibility index (Phi) is 4.42. The number of benzene rings is 2. The lowest BCUT2D eigenvalue weighted by molar-refractivity contribution is 0.102. The molecule has 2 heterocycles. The third-order valence-corrected chi connectivity index (χ3v) is 4.54. The van der Waals surface area contributed by atoms with Gasteiger partial charge in [-0.2, -0.15) is 0 Å². The number of rotatable bonds is 4. The van der Waals surface area contributed by atoms with Crippen molar-refractivity contribution in [3.8, 4) is 0 Å². The molecule has 5 nitrogen and oxygen atoms in total. The van der Waals surface area contributed by atoms with Crippen LogP contribution in [0.4, 0.5) is 5.69 Å². The van der Waals surface area contributed by atoms with Crippen LogP contribution >= 0.6 is 0 Å². The molecule has 0 saturated carbocycles. The molecule has 0 radical (unpaired) electrons. The van der Waals surface area contributed by atoms with Crippen molar-refractivity contribution in [3.63, 3.8) is 0 Å². The highest BCUT2D eigenvalue weighted by Gasteiger charge is 2.09. The Bertz CT molecular complexity index is 1060. The van der Waals surface area contributed by atoms with Gasteiger partial charge in [-0.3, -0.25) is 9.78 Å². The predicted octanol–water partition coefficient (Wildman–Crippen LogP) is 4.68. The molecule has 0 aliphatic carbocycles. The molecule has 2 aromatic carbocycles. The van der Waals surface area contributed by atoms with Crippen molar-refractivity contribution < 1.29 is 9.21 Å². The average Bonchev–Trinajstić information content (AvgIpc) is 3.05. The molecule has 2 aromatic heterocycles. The summed E-state index contributed by atoms with van der Waals surface area (Å²) in [5, 5.41) is 2.87. The van der Waals surface area contributed by atoms with E-state index in [1.807, 2.05) is 30.3 Å². The Hall–Kier alpha value is -3.47. The van der Waals surface area contributed by atoms with Crippen molar-refractivity contribution in [1.29, 1.82) is 0 Å². The number of nitrogens with one attached hydrogen (secondary N) is 1. The standard InChI is InChI=1S/C22H19N3O2/c1-14-10-19-20(11-15(14)2)27-21(25-19)12-16-5-7-18(8-6-16)24-22(26)17-4-3-9-23-13-17/h3-11,13H,12H2,1-2H3,(H,24,26). The molecule has 0 fully saturated rings. The van der Waals surface area contributed by atoms with E-state index in [9.17, 15) is 4.79 Å². The van der Waals surface area contributed by atoms with Crippen LogP contribution < -0.4 is 5.32 Å². The van der Waals surface area contributed by atoms with Crippen molar-refractivity contribution >= 4 is 22.7 Å². The average molecular weight is 357 g/mol. The van der Waals surface area contributed by atoms with E-state index < -0.39 is 0 Å². The highest BCUT2D eigenvalue weighted by Crippen LogP contribution is 2.22. The SMILES string of the molecule is Cc1cc2nc(Cc3ccc(NC(=O)c4cccnc4)cc3)oc2cc1C. The van der Waals surface area contributed by atoms with Crippen LogP contribution in [0.5, 0.6) is 0 Å². The van der Waals surface area contributed by atoms with Crippen LogP contribution in [0.15, 0.2) is 65.3 Å². The third-order valence-electron chi connectivity index (χ3n) is 4.54. The fraction of sp³-hybridized carbons (Fsp3) is 0.136. The van der Waals surface area contributed by atoms with Crippen LogP contribution in [0.25, 0.3) is 11.1 Å². The Morgan fingerprint density at radius 2 is 1.85 bits per heavy atom. The van der Waals surface area contributed by atoms with Gasteiger partial charge in [0.1, 0.15) is 5.52 Å². The van der Waals surface area contributed by atoms with Gasteiger partial charge < -0.3 is 9.73 Å². The lowest BCUT2D eigenvalue weighted by Gasteiger charge is -2.05. The van der Waals surface area contributed by atoms with Gasteiger partial charge in [-0.15, -0.1) is 0 Å². The molecule has 0 saturated heterocycles. The van der Waals surface area contributed by atoms with Crippen molar-refractivity contribution in [1.82, 2.24) is 9.97 Å². The number of anilines is 1. The van der Waals surface area contributed by atoms with E-state index >= 15 is 0 Å². The Balaban J connectivity index is 1.47. The maximum Gasteiger partial charge on any atom is 0.257 e. The molecule has 134 valence electrons. The molecule has 5 heteroatoms. The lowest BCUT2D eigenvalue weighted by Crippen LogP contribution is -2.11. The normalized spacial score (nSPS) is 10.9. The zero-order valence-corrected chi connectivity index (χ0v) is 15.2. The van der Waals surface area contributed by atoms with E-state index in [1.165, 1.54) is 11.1 Å². The van der Waals surface area contributed by atoms with Crippen LogP contribution in [0, 0.1) is 13.8 Å². The minimum Gasteiger partial charge on any atom is -0.440 e. The van der Waals surface area contributed by atoms with Crippen molar-refractivity contribution in [2.24, 2.45) is 0 Å². The van der Waals surface area contributed by atoms with E-state index in [0.717, 1.165) is 22.4 Å². The number of pyridine rings is 1. The van der Waals surface area contributed by atoms with Crippen LogP contribution in [-0.4, -0.2) is 15.9 Å². The maximum absolute atomic E-state index is 12.2. The van der Waals surface area contributed by atoms with Crippen molar-refractivity contribution in [3.05, 3.63) is 89.1 Å². The van der Waals surface area contributed by atoms with Crippen molar-refractivity contribution in [2.45, 2.75) is 20.3 Å². The highest BCUT2D eigenvalue weighted by molar-refractivity contribution is 6.04. The number of amides is 1. The second-order valence-corrected chi connectivity index (χ2v) is 6.58. The molecule has 4 rings (SSSR count). The number of hydrogen-bond donors (Lipinski definition) is 1. The summed E-state index contributed by atoms with van der Waals surface area (Å²) in [6.45, 7) is 4.14. The zero-order chi connectivity index (χ0) is 18.8. The summed E-state index contributed by atoms with van der Waals surface area (Å²) in [5.74, 6) is 0.502. The molecule has 1 amide bonds. The van der Waals surface area contributed by atoms with Crippen LogP contribution in [0.3, 0.4) is 0 Å². The highest BCUT2D eigenvalue weighted by atomic mass is 16.3. The van der Waals surface area contributed by atoms with Gasteiger partial charge in [-0.05, 0) is 66.9 Å². The van der Waals surface area contributed by atoms with Gasteiger partial charge in [-0.25, -0.2) is 4.98 Å². The molecule has 0 bridgehead atoms. The van der Waals surface area contributed by atoms with Crippen LogP contribution in [0.2, 0.25) is 0 Å². The lowest BCUT2D eigenvalue weighted by atomic mass is 10.1. The summed E-state index contributed by atoms with van der Waals surface area (Å²) in [4.78, 5) is 20.7. The zero-order valence-electron chi connectivity index (χ0n) is 15.2. The minimum absolute atomic E-state index is 0.180. The number of aromatic nitrogens is 2. The first-order valence-electron chi connectivity index (χ1n) is 8.75. The number of aryl methyl sites for hydroxylation is 2. The second-order valence-electron chi connectivity index (χ2n) is 6.58. The van der Waals surface area contributed by atoms with Crippen LogP contribution in [-0.2, 0) is 6.42 Å². The Labute approximate surface area is 157 Å². The van der Waals surface area contributed by atoms with Gasteiger partial charge in [0, 0.05) is 24.5 Å². The fourth-order valence-corrected chi connectivity index (χ4v) is 2.88. The topological polar surface area (TPSA) is 68.0 Å². The number of carbonyl (C=O) groups excluding carboxylic acids is 1. The minimum atomic E-state index is -0.180. The molecular weight excluding hydrogens is 338 g/mol. The van der Waals surface area contributed by atoms with Gasteiger partial charge in [-0.1, -0.05) is 12.1 Å².